The van der Waals surface area contributed by atoms with E-state index in [1.165, 1.54) is 11.1 Å². The van der Waals surface area contributed by atoms with Crippen LogP contribution in [-0.2, 0) is 22.6 Å². The van der Waals surface area contributed by atoms with Crippen molar-refractivity contribution in [3.8, 4) is 0 Å². The summed E-state index contributed by atoms with van der Waals surface area (Å²) in [4.78, 5) is 30.9. The second-order valence-corrected chi connectivity index (χ2v) is 8.43. The minimum atomic E-state index is -0.510. The number of carbonyl (C=O) groups is 2. The molecule has 2 aromatic carbocycles. The van der Waals surface area contributed by atoms with Gasteiger partial charge in [0.2, 0.25) is 11.8 Å². The van der Waals surface area contributed by atoms with Gasteiger partial charge in [-0.3, -0.25) is 9.59 Å². The Labute approximate surface area is 175 Å². The van der Waals surface area contributed by atoms with E-state index < -0.39 is 6.04 Å². The molecular formula is C24H26N4O2. The van der Waals surface area contributed by atoms with E-state index in [4.69, 9.17) is 0 Å². The highest BCUT2D eigenvalue weighted by Crippen LogP contribution is 2.26. The molecule has 0 spiro atoms. The second kappa shape index (κ2) is 7.61. The molecule has 6 heteroatoms. The molecule has 0 radical (unpaired) electrons. The van der Waals surface area contributed by atoms with Crippen molar-refractivity contribution in [2.75, 3.05) is 6.54 Å². The largest absolute Gasteiger partial charge is 0.361 e. The van der Waals surface area contributed by atoms with Crippen LogP contribution in [0, 0.1) is 6.92 Å². The number of amides is 2. The Morgan fingerprint density at radius 2 is 1.90 bits per heavy atom. The van der Waals surface area contributed by atoms with Gasteiger partial charge in [-0.25, -0.2) is 0 Å². The molecule has 3 atom stereocenters. The molecule has 2 aliphatic rings. The molecule has 0 unspecified atom stereocenters. The number of hydrogen-bond donors (Lipinski definition) is 3. The monoisotopic (exact) mass is 402 g/mol. The van der Waals surface area contributed by atoms with Crippen molar-refractivity contribution in [1.82, 2.24) is 20.5 Å². The Kier molecular flexibility index (Phi) is 4.79. The summed E-state index contributed by atoms with van der Waals surface area (Å²) in [6, 6.07) is 15.7. The number of benzene rings is 2. The standard InChI is InChI=1S/C24H26N4O2/c1-15-6-8-16(9-7-15)12-25-18-11-22-23(29)27-21(24(30)28(22)14-18)10-17-13-26-20-5-3-2-4-19(17)20/h2-9,13,18,21-22,25-26H,10-12,14H2,1H3,(H,27,29)/t18-,21-,22-/m0/s1. The van der Waals surface area contributed by atoms with Crippen LogP contribution in [0.15, 0.2) is 54.7 Å². The number of rotatable bonds is 5. The average Bonchev–Trinajstić information content (AvgIpc) is 3.37. The minimum absolute atomic E-state index is 0.0181. The molecule has 2 saturated heterocycles. The highest BCUT2D eigenvalue weighted by atomic mass is 16.2. The maximum absolute atomic E-state index is 13.1. The molecule has 30 heavy (non-hydrogen) atoms. The maximum atomic E-state index is 13.1. The number of aromatic amines is 1. The molecule has 2 amide bonds. The third kappa shape index (κ3) is 3.48. The van der Waals surface area contributed by atoms with Crippen LogP contribution < -0.4 is 10.6 Å². The number of carbonyl (C=O) groups excluding carboxylic acids is 2. The lowest BCUT2D eigenvalue weighted by molar-refractivity contribution is -0.146. The van der Waals surface area contributed by atoms with Gasteiger partial charge in [0, 0.05) is 42.7 Å². The van der Waals surface area contributed by atoms with Crippen LogP contribution >= 0.6 is 0 Å². The van der Waals surface area contributed by atoms with E-state index in [0.29, 0.717) is 19.4 Å². The highest BCUT2D eigenvalue weighted by Gasteiger charge is 2.46. The molecule has 5 rings (SSSR count). The van der Waals surface area contributed by atoms with Crippen molar-refractivity contribution < 1.29 is 9.59 Å². The quantitative estimate of drug-likeness (QED) is 0.613. The number of H-pyrrole nitrogens is 1. The van der Waals surface area contributed by atoms with E-state index in [9.17, 15) is 9.59 Å². The maximum Gasteiger partial charge on any atom is 0.246 e. The van der Waals surface area contributed by atoms with Crippen LogP contribution in [0.5, 0.6) is 0 Å². The van der Waals surface area contributed by atoms with Crippen LogP contribution in [0.4, 0.5) is 0 Å². The van der Waals surface area contributed by atoms with Gasteiger partial charge in [-0.2, -0.15) is 0 Å². The number of para-hydroxylation sites is 1. The van der Waals surface area contributed by atoms with Crippen molar-refractivity contribution in [3.05, 3.63) is 71.4 Å². The van der Waals surface area contributed by atoms with Crippen molar-refractivity contribution in [3.63, 3.8) is 0 Å². The number of aryl methyl sites for hydroxylation is 1. The molecule has 0 saturated carbocycles. The summed E-state index contributed by atoms with van der Waals surface area (Å²) in [6.07, 6.45) is 3.09. The Morgan fingerprint density at radius 1 is 1.10 bits per heavy atom. The molecule has 2 aliphatic heterocycles. The van der Waals surface area contributed by atoms with Crippen molar-refractivity contribution in [2.45, 2.75) is 44.4 Å². The Hall–Kier alpha value is -3.12. The molecule has 6 nitrogen and oxygen atoms in total. The number of piperazine rings is 1. The number of nitrogens with one attached hydrogen (secondary N) is 3. The SMILES string of the molecule is Cc1ccc(CN[C@H]2C[C@H]3C(=O)N[C@@H](Cc4c[nH]c5ccccc45)C(=O)N3C2)cc1. The molecule has 3 N–H and O–H groups in total. The first kappa shape index (κ1) is 18.9. The van der Waals surface area contributed by atoms with E-state index in [1.807, 2.05) is 30.5 Å². The lowest BCUT2D eigenvalue weighted by atomic mass is 10.0. The topological polar surface area (TPSA) is 77.2 Å². The smallest absolute Gasteiger partial charge is 0.246 e. The number of nitrogens with zero attached hydrogens (tertiary/aromatic N) is 1. The van der Waals surface area contributed by atoms with Crippen molar-refractivity contribution in [2.24, 2.45) is 0 Å². The first-order valence-corrected chi connectivity index (χ1v) is 10.5. The lowest BCUT2D eigenvalue weighted by Crippen LogP contribution is -2.61. The summed E-state index contributed by atoms with van der Waals surface area (Å²) < 4.78 is 0. The van der Waals surface area contributed by atoms with Crippen molar-refractivity contribution in [1.29, 1.82) is 0 Å². The van der Waals surface area contributed by atoms with Gasteiger partial charge in [-0.1, -0.05) is 48.0 Å². The summed E-state index contributed by atoms with van der Waals surface area (Å²) >= 11 is 0. The Balaban J connectivity index is 1.26. The third-order valence-electron chi connectivity index (χ3n) is 6.32. The van der Waals surface area contributed by atoms with Crippen LogP contribution in [0.3, 0.4) is 0 Å². The van der Waals surface area contributed by atoms with Gasteiger partial charge in [0.05, 0.1) is 0 Å². The van der Waals surface area contributed by atoms with Gasteiger partial charge >= 0.3 is 0 Å². The van der Waals surface area contributed by atoms with E-state index in [0.717, 1.165) is 23.0 Å². The van der Waals surface area contributed by atoms with Crippen LogP contribution in [0.1, 0.15) is 23.1 Å². The van der Waals surface area contributed by atoms with E-state index >= 15 is 0 Å². The van der Waals surface area contributed by atoms with E-state index in [-0.39, 0.29) is 23.9 Å². The zero-order valence-electron chi connectivity index (χ0n) is 17.0. The molecule has 3 heterocycles. The van der Waals surface area contributed by atoms with E-state index in [2.05, 4.69) is 46.8 Å². The summed E-state index contributed by atoms with van der Waals surface area (Å²) in [5.41, 5.74) is 4.54. The van der Waals surface area contributed by atoms with Crippen LogP contribution in [0.2, 0.25) is 0 Å². The summed E-state index contributed by atoms with van der Waals surface area (Å²) in [7, 11) is 0. The Bertz CT molecular complexity index is 1090. The van der Waals surface area contributed by atoms with Gasteiger partial charge in [0.15, 0.2) is 0 Å². The summed E-state index contributed by atoms with van der Waals surface area (Å²) in [6.45, 7) is 3.39. The first-order chi connectivity index (χ1) is 14.6. The number of hydrogen-bond acceptors (Lipinski definition) is 3. The number of aromatic nitrogens is 1. The zero-order chi connectivity index (χ0) is 20.7. The fraction of sp³-hybridized carbons (Fsp3) is 0.333. The molecule has 154 valence electrons. The molecule has 0 aliphatic carbocycles. The zero-order valence-corrected chi connectivity index (χ0v) is 17.0. The van der Waals surface area contributed by atoms with E-state index in [1.54, 1.807) is 4.90 Å². The van der Waals surface area contributed by atoms with Crippen LogP contribution in [0.25, 0.3) is 10.9 Å². The minimum Gasteiger partial charge on any atom is -0.361 e. The van der Waals surface area contributed by atoms with Crippen molar-refractivity contribution >= 4 is 22.7 Å². The summed E-state index contributed by atoms with van der Waals surface area (Å²) in [5, 5.41) is 7.59. The average molecular weight is 402 g/mol. The summed E-state index contributed by atoms with van der Waals surface area (Å²) in [5.74, 6) is -0.0244. The van der Waals surface area contributed by atoms with Crippen LogP contribution in [-0.4, -0.2) is 46.4 Å². The highest BCUT2D eigenvalue weighted by molar-refractivity contribution is 5.98. The second-order valence-electron chi connectivity index (χ2n) is 8.43. The lowest BCUT2D eigenvalue weighted by Gasteiger charge is -2.34. The van der Waals surface area contributed by atoms with Gasteiger partial charge < -0.3 is 20.5 Å². The molecule has 2 fully saturated rings. The predicted octanol–water partition coefficient (Wildman–Crippen LogP) is 2.28. The van der Waals surface area contributed by atoms with Gasteiger partial charge in [-0.05, 0) is 30.5 Å². The van der Waals surface area contributed by atoms with Gasteiger partial charge in [0.1, 0.15) is 12.1 Å². The fourth-order valence-corrected chi connectivity index (χ4v) is 4.63. The molecule has 3 aromatic rings. The fourth-order valence-electron chi connectivity index (χ4n) is 4.63. The number of fused-ring (bicyclic) bond motifs is 2. The first-order valence-electron chi connectivity index (χ1n) is 10.5. The molecule has 0 bridgehead atoms. The Morgan fingerprint density at radius 3 is 2.73 bits per heavy atom. The predicted molar refractivity (Wildman–Crippen MR) is 116 cm³/mol. The van der Waals surface area contributed by atoms with Gasteiger partial charge in [0.25, 0.3) is 0 Å². The third-order valence-corrected chi connectivity index (χ3v) is 6.32. The normalized spacial score (nSPS) is 23.6. The molecule has 1 aromatic heterocycles. The molecular weight excluding hydrogens is 376 g/mol. The van der Waals surface area contributed by atoms with Gasteiger partial charge in [-0.15, -0.1) is 0 Å².